The van der Waals surface area contributed by atoms with Gasteiger partial charge in [0, 0.05) is 0 Å². The minimum Gasteiger partial charge on any atom is -0.0876 e. The highest BCUT2D eigenvalue weighted by molar-refractivity contribution is 5.80. The molecule has 0 saturated carbocycles. The first-order valence-electron chi connectivity index (χ1n) is 13.8. The summed E-state index contributed by atoms with van der Waals surface area (Å²) in [5.41, 5.74) is 11.2. The van der Waals surface area contributed by atoms with E-state index in [2.05, 4.69) is 125 Å². The van der Waals surface area contributed by atoms with E-state index in [1.54, 1.807) is 0 Å². The molecule has 0 aliphatic heterocycles. The molecule has 0 saturated heterocycles. The number of hydrogen-bond acceptors (Lipinski definition) is 0. The van der Waals surface area contributed by atoms with Crippen molar-refractivity contribution in [3.8, 4) is 0 Å². The summed E-state index contributed by atoms with van der Waals surface area (Å²) in [6.07, 6.45) is 27.4. The lowest BCUT2D eigenvalue weighted by atomic mass is 9.60. The lowest BCUT2D eigenvalue weighted by Crippen LogP contribution is -2.36. The van der Waals surface area contributed by atoms with Gasteiger partial charge in [-0.05, 0) is 121 Å². The van der Waals surface area contributed by atoms with Crippen molar-refractivity contribution < 1.29 is 0 Å². The van der Waals surface area contributed by atoms with Crippen molar-refractivity contribution in [2.24, 2.45) is 35.5 Å². The van der Waals surface area contributed by atoms with Gasteiger partial charge >= 0.3 is 0 Å². The predicted octanol–water partition coefficient (Wildman–Crippen LogP) is 9.14. The molecule has 0 radical (unpaired) electrons. The van der Waals surface area contributed by atoms with Crippen LogP contribution < -0.4 is 0 Å². The summed E-state index contributed by atoms with van der Waals surface area (Å²) in [5, 5.41) is 0. The molecule has 182 valence electrons. The average Bonchev–Trinajstić information content (AvgIpc) is 2.87. The predicted molar refractivity (Wildman–Crippen MR) is 155 cm³/mol. The lowest BCUT2D eigenvalue weighted by Gasteiger charge is -2.43. The molecule has 2 aromatic rings. The second-order valence-electron chi connectivity index (χ2n) is 11.5. The van der Waals surface area contributed by atoms with Crippen LogP contribution in [0.2, 0.25) is 0 Å². The van der Waals surface area contributed by atoms with E-state index in [-0.39, 0.29) is 0 Å². The van der Waals surface area contributed by atoms with E-state index >= 15 is 0 Å². The van der Waals surface area contributed by atoms with Crippen molar-refractivity contribution in [3.63, 3.8) is 0 Å². The van der Waals surface area contributed by atoms with Crippen molar-refractivity contribution in [3.05, 3.63) is 131 Å². The zero-order valence-electron chi connectivity index (χ0n) is 22.1. The second kappa shape index (κ2) is 9.40. The zero-order chi connectivity index (χ0) is 24.8. The van der Waals surface area contributed by atoms with Crippen molar-refractivity contribution >= 4 is 11.1 Å². The van der Waals surface area contributed by atoms with Gasteiger partial charge in [0.1, 0.15) is 0 Å². The van der Waals surface area contributed by atoms with Gasteiger partial charge in [0.2, 0.25) is 0 Å². The fraction of sp³-hybridized carbons (Fsp3) is 0.333. The lowest BCUT2D eigenvalue weighted by molar-refractivity contribution is 0.217. The molecule has 0 amide bonds. The van der Waals surface area contributed by atoms with E-state index in [1.165, 1.54) is 44.5 Å². The van der Waals surface area contributed by atoms with Gasteiger partial charge in [-0.1, -0.05) is 97.2 Å². The third-order valence-corrected chi connectivity index (χ3v) is 9.18. The summed E-state index contributed by atoms with van der Waals surface area (Å²) in [6.45, 7) is 8.98. The smallest absolute Gasteiger partial charge is 0.00950 e. The summed E-state index contributed by atoms with van der Waals surface area (Å²) in [4.78, 5) is 0. The molecular weight excluding hydrogens is 432 g/mol. The average molecular weight is 471 g/mol. The van der Waals surface area contributed by atoms with Crippen LogP contribution in [0.4, 0.5) is 0 Å². The van der Waals surface area contributed by atoms with Crippen LogP contribution in [0, 0.1) is 63.2 Å². The van der Waals surface area contributed by atoms with Crippen molar-refractivity contribution in [2.75, 3.05) is 0 Å². The van der Waals surface area contributed by atoms with Gasteiger partial charge in [-0.25, -0.2) is 0 Å². The van der Waals surface area contributed by atoms with E-state index in [0.29, 0.717) is 35.5 Å². The molecule has 0 aromatic heterocycles. The Kier molecular flexibility index (Phi) is 6.08. The molecule has 2 aromatic carbocycles. The van der Waals surface area contributed by atoms with Crippen LogP contribution >= 0.6 is 0 Å². The highest BCUT2D eigenvalue weighted by Crippen LogP contribution is 2.49. The summed E-state index contributed by atoms with van der Waals surface area (Å²) in [7, 11) is 0. The first-order valence-corrected chi connectivity index (χ1v) is 13.8. The molecule has 4 unspecified atom stereocenters. The highest BCUT2D eigenvalue weighted by atomic mass is 14.4. The zero-order valence-corrected chi connectivity index (χ0v) is 22.1. The minimum atomic E-state index is 0.555. The van der Waals surface area contributed by atoms with Gasteiger partial charge in [-0.2, -0.15) is 0 Å². The third-order valence-electron chi connectivity index (χ3n) is 9.18. The molecule has 0 bridgehead atoms. The maximum atomic E-state index is 2.58. The first kappa shape index (κ1) is 23.3. The Morgan fingerprint density at radius 3 is 1.28 bits per heavy atom. The number of aryl methyl sites for hydroxylation is 4. The van der Waals surface area contributed by atoms with Crippen molar-refractivity contribution in [2.45, 2.75) is 40.5 Å². The molecular formula is C36H38. The van der Waals surface area contributed by atoms with Gasteiger partial charge in [-0.3, -0.25) is 0 Å². The maximum Gasteiger partial charge on any atom is -0.00950 e. The summed E-state index contributed by atoms with van der Waals surface area (Å²) in [5.74, 6) is 3.43. The molecule has 0 N–H and O–H groups in total. The molecule has 4 aliphatic carbocycles. The molecule has 0 heterocycles. The van der Waals surface area contributed by atoms with Crippen LogP contribution in [0.5, 0.6) is 0 Å². The molecule has 4 aliphatic rings. The number of allylic oxidation sites excluding steroid dienone is 12. The van der Waals surface area contributed by atoms with Gasteiger partial charge < -0.3 is 0 Å². The van der Waals surface area contributed by atoms with E-state index in [1.807, 2.05) is 0 Å². The Hall–Kier alpha value is -3.12. The largest absolute Gasteiger partial charge is 0.0876 e. The third kappa shape index (κ3) is 4.01. The fourth-order valence-corrected chi connectivity index (χ4v) is 7.47. The minimum absolute atomic E-state index is 0.555. The molecule has 0 nitrogen and oxygen atoms in total. The standard InChI is InChI=1S/C36H38/c1-23-9-5-10-24(2)35(23)29-17-19-31-27(21-29)13-7-15-33(31)34-16-8-14-28-22-30(18-20-32(28)34)36-25(3)11-6-12-26(36)4/h5-12,15-22,27-28,31-34H,13-14H2,1-4H3/t27?,28?,31?,32?,33-,34-/m1/s1. The molecule has 0 fully saturated rings. The number of benzene rings is 2. The summed E-state index contributed by atoms with van der Waals surface area (Å²) < 4.78 is 0. The van der Waals surface area contributed by atoms with Crippen molar-refractivity contribution in [1.29, 1.82) is 0 Å². The summed E-state index contributed by atoms with van der Waals surface area (Å²) >= 11 is 0. The molecule has 36 heavy (non-hydrogen) atoms. The maximum absolute atomic E-state index is 2.58. The topological polar surface area (TPSA) is 0 Å². The van der Waals surface area contributed by atoms with Gasteiger partial charge in [0.05, 0.1) is 0 Å². The molecule has 6 rings (SSSR count). The van der Waals surface area contributed by atoms with Crippen molar-refractivity contribution in [1.82, 2.24) is 0 Å². The molecule has 6 atom stereocenters. The highest BCUT2D eigenvalue weighted by Gasteiger charge is 2.40. The van der Waals surface area contributed by atoms with Gasteiger partial charge in [0.25, 0.3) is 0 Å². The Balaban J connectivity index is 1.27. The number of hydrogen-bond donors (Lipinski definition) is 0. The normalized spacial score (nSPS) is 30.4. The van der Waals surface area contributed by atoms with Gasteiger partial charge in [-0.15, -0.1) is 0 Å². The van der Waals surface area contributed by atoms with Crippen LogP contribution in [-0.4, -0.2) is 0 Å². The first-order chi connectivity index (χ1) is 17.5. The molecule has 0 spiro atoms. The summed E-state index contributed by atoms with van der Waals surface area (Å²) in [6, 6.07) is 13.3. The Morgan fingerprint density at radius 2 is 0.889 bits per heavy atom. The van der Waals surface area contributed by atoms with Gasteiger partial charge in [0.15, 0.2) is 0 Å². The monoisotopic (exact) mass is 470 g/mol. The number of fused-ring (bicyclic) bond motifs is 2. The van der Waals surface area contributed by atoms with E-state index in [0.717, 1.165) is 12.8 Å². The van der Waals surface area contributed by atoms with Crippen LogP contribution in [0.15, 0.2) is 97.2 Å². The Labute approximate surface area is 217 Å². The SMILES string of the molecule is Cc1cccc(C)c1C1=CC2CC=C[C@@H]([C@@H]3C=CCC4C=C(c5c(C)cccc5C)C=CC43)C2C=C1. The van der Waals surface area contributed by atoms with Crippen LogP contribution in [0.3, 0.4) is 0 Å². The molecule has 0 heteroatoms. The quantitative estimate of drug-likeness (QED) is 0.392. The van der Waals surface area contributed by atoms with E-state index in [4.69, 9.17) is 0 Å². The van der Waals surface area contributed by atoms with Crippen LogP contribution in [0.1, 0.15) is 46.2 Å². The van der Waals surface area contributed by atoms with E-state index < -0.39 is 0 Å². The Morgan fingerprint density at radius 1 is 0.500 bits per heavy atom. The number of rotatable bonds is 3. The fourth-order valence-electron chi connectivity index (χ4n) is 7.47. The van der Waals surface area contributed by atoms with Crippen LogP contribution in [0.25, 0.3) is 11.1 Å². The van der Waals surface area contributed by atoms with Crippen LogP contribution in [-0.2, 0) is 0 Å². The van der Waals surface area contributed by atoms with E-state index in [9.17, 15) is 0 Å². The Bertz CT molecular complexity index is 1210. The second-order valence-corrected chi connectivity index (χ2v) is 11.5.